The van der Waals surface area contributed by atoms with Crippen molar-refractivity contribution in [2.45, 2.75) is 6.54 Å². The molecule has 2 amide bonds. The van der Waals surface area contributed by atoms with Gasteiger partial charge in [0.1, 0.15) is 0 Å². The molecule has 2 heterocycles. The number of rotatable bonds is 5. The van der Waals surface area contributed by atoms with Crippen LogP contribution in [0.1, 0.15) is 5.56 Å². The number of hydrogen-bond donors (Lipinski definition) is 3. The predicted octanol–water partition coefficient (Wildman–Crippen LogP) is 5.21. The van der Waals surface area contributed by atoms with Gasteiger partial charge < -0.3 is 25.6 Å². The van der Waals surface area contributed by atoms with Crippen LogP contribution in [0.25, 0.3) is 22.1 Å². The molecule has 3 aromatic carbocycles. The van der Waals surface area contributed by atoms with E-state index >= 15 is 0 Å². The molecule has 174 valence electrons. The van der Waals surface area contributed by atoms with Crippen LogP contribution < -0.4 is 16.4 Å². The molecule has 0 radical (unpaired) electrons. The third-order valence-electron chi connectivity index (χ3n) is 5.76. The van der Waals surface area contributed by atoms with Crippen molar-refractivity contribution in [3.8, 4) is 11.1 Å². The van der Waals surface area contributed by atoms with Crippen LogP contribution in [-0.2, 0) is 11.3 Å². The maximum atomic E-state index is 12.3. The molecule has 9 heteroatoms. The van der Waals surface area contributed by atoms with Gasteiger partial charge >= 0.3 is 6.03 Å². The smallest absolute Gasteiger partial charge is 0.323 e. The molecule has 1 aromatic heterocycles. The minimum Gasteiger partial charge on any atom is -0.380 e. The fraction of sp³-hybridized carbons (Fsp3) is 0.200. The van der Waals surface area contributed by atoms with Crippen molar-refractivity contribution in [3.05, 3.63) is 71.2 Å². The number of fused-ring (bicyclic) bond motifs is 1. The number of amides is 2. The number of nitrogens with one attached hydrogen (secondary N) is 2. The van der Waals surface area contributed by atoms with Crippen LogP contribution in [0.2, 0.25) is 5.02 Å². The van der Waals surface area contributed by atoms with Crippen LogP contribution >= 0.6 is 11.6 Å². The number of nitrogens with two attached hydrogens (primary N) is 1. The van der Waals surface area contributed by atoms with Gasteiger partial charge in [-0.15, -0.1) is 0 Å². The monoisotopic (exact) mass is 477 g/mol. The first kappa shape index (κ1) is 22.2. The van der Waals surface area contributed by atoms with Gasteiger partial charge in [-0.3, -0.25) is 4.90 Å². The molecule has 4 N–H and O–H groups in total. The summed E-state index contributed by atoms with van der Waals surface area (Å²) in [5.74, 6) is 0.358. The van der Waals surface area contributed by atoms with E-state index in [4.69, 9.17) is 26.6 Å². The molecular weight excluding hydrogens is 454 g/mol. The van der Waals surface area contributed by atoms with Gasteiger partial charge in [0.15, 0.2) is 11.4 Å². The van der Waals surface area contributed by atoms with E-state index in [9.17, 15) is 4.79 Å². The van der Waals surface area contributed by atoms with Crippen LogP contribution in [0.3, 0.4) is 0 Å². The number of carbonyl (C=O) groups is 1. The summed E-state index contributed by atoms with van der Waals surface area (Å²) in [4.78, 5) is 14.6. The zero-order valence-electron chi connectivity index (χ0n) is 18.4. The molecule has 0 aliphatic carbocycles. The average molecular weight is 478 g/mol. The molecule has 0 bridgehead atoms. The third-order valence-corrected chi connectivity index (χ3v) is 6.00. The topological polar surface area (TPSA) is 106 Å². The standard InChI is InChI=1S/C25H24ClN5O3/c26-18-2-1-3-20(14-18)29-25(32)28-19-7-4-16(5-8-19)21-9-6-17(15-31-10-12-33-13-11-31)23-22(21)24(27)30-34-23/h1-9,14H,10-13,15H2,(H2,27,30)(H2,28,29,32). The van der Waals surface area contributed by atoms with Crippen molar-refractivity contribution in [3.63, 3.8) is 0 Å². The van der Waals surface area contributed by atoms with Gasteiger partial charge in [-0.05, 0) is 41.5 Å². The third kappa shape index (κ3) is 4.84. The van der Waals surface area contributed by atoms with E-state index in [2.05, 4.69) is 26.8 Å². The number of morpholine rings is 1. The van der Waals surface area contributed by atoms with Gasteiger partial charge in [-0.2, -0.15) is 0 Å². The number of halogens is 1. The molecule has 1 saturated heterocycles. The van der Waals surface area contributed by atoms with Crippen molar-refractivity contribution >= 4 is 45.8 Å². The molecule has 0 saturated carbocycles. The van der Waals surface area contributed by atoms with E-state index in [1.807, 2.05) is 30.3 Å². The van der Waals surface area contributed by atoms with Gasteiger partial charge in [0.25, 0.3) is 0 Å². The Balaban J connectivity index is 1.34. The molecule has 1 aliphatic rings. The van der Waals surface area contributed by atoms with E-state index < -0.39 is 0 Å². The fourth-order valence-electron chi connectivity index (χ4n) is 4.08. The van der Waals surface area contributed by atoms with Crippen molar-refractivity contribution in [2.75, 3.05) is 42.7 Å². The lowest BCUT2D eigenvalue weighted by atomic mass is 9.98. The normalized spacial score (nSPS) is 14.3. The zero-order valence-corrected chi connectivity index (χ0v) is 19.1. The Kier molecular flexibility index (Phi) is 6.35. The molecule has 0 atom stereocenters. The van der Waals surface area contributed by atoms with E-state index in [-0.39, 0.29) is 6.03 Å². The van der Waals surface area contributed by atoms with Gasteiger partial charge in [0, 0.05) is 41.6 Å². The molecular formula is C25H24ClN5O3. The molecule has 0 spiro atoms. The average Bonchev–Trinajstić information content (AvgIpc) is 3.23. The van der Waals surface area contributed by atoms with Crippen LogP contribution in [0.4, 0.5) is 22.0 Å². The molecule has 8 nitrogen and oxygen atoms in total. The first-order valence-corrected chi connectivity index (χ1v) is 11.4. The molecule has 34 heavy (non-hydrogen) atoms. The quantitative estimate of drug-likeness (QED) is 0.364. The lowest BCUT2D eigenvalue weighted by Gasteiger charge is -2.26. The minimum absolute atomic E-state index is 0.354. The molecule has 4 aromatic rings. The lowest BCUT2D eigenvalue weighted by molar-refractivity contribution is 0.0342. The SMILES string of the molecule is Nc1noc2c(CN3CCOCC3)ccc(-c3ccc(NC(=O)Nc4cccc(Cl)c4)cc3)c12. The second-order valence-electron chi connectivity index (χ2n) is 8.10. The number of urea groups is 1. The number of aromatic nitrogens is 1. The molecule has 1 aliphatic heterocycles. The minimum atomic E-state index is -0.354. The Morgan fingerprint density at radius 2 is 1.79 bits per heavy atom. The van der Waals surface area contributed by atoms with E-state index in [1.165, 1.54) is 0 Å². The van der Waals surface area contributed by atoms with E-state index in [1.54, 1.807) is 24.3 Å². The number of nitrogen functional groups attached to an aromatic ring is 1. The number of hydrogen-bond acceptors (Lipinski definition) is 6. The maximum absolute atomic E-state index is 12.3. The summed E-state index contributed by atoms with van der Waals surface area (Å²) < 4.78 is 11.1. The number of anilines is 3. The Morgan fingerprint density at radius 1 is 1.03 bits per heavy atom. The highest BCUT2D eigenvalue weighted by atomic mass is 35.5. The van der Waals surface area contributed by atoms with E-state index in [0.29, 0.717) is 27.8 Å². The maximum Gasteiger partial charge on any atom is 0.323 e. The molecule has 0 unspecified atom stereocenters. The summed E-state index contributed by atoms with van der Waals surface area (Å²) in [6, 6.07) is 18.3. The zero-order chi connectivity index (χ0) is 23.5. The highest BCUT2D eigenvalue weighted by Gasteiger charge is 2.19. The second-order valence-corrected chi connectivity index (χ2v) is 8.54. The van der Waals surface area contributed by atoms with Crippen molar-refractivity contribution in [2.24, 2.45) is 0 Å². The lowest BCUT2D eigenvalue weighted by Crippen LogP contribution is -2.35. The first-order valence-electron chi connectivity index (χ1n) is 11.0. The van der Waals surface area contributed by atoms with Gasteiger partial charge in [0.2, 0.25) is 0 Å². The Hall–Kier alpha value is -3.59. The summed E-state index contributed by atoms with van der Waals surface area (Å²) in [6.07, 6.45) is 0. The largest absolute Gasteiger partial charge is 0.380 e. The highest BCUT2D eigenvalue weighted by molar-refractivity contribution is 6.30. The summed E-state index contributed by atoms with van der Waals surface area (Å²) in [5, 5.41) is 11.0. The summed E-state index contributed by atoms with van der Waals surface area (Å²) in [5.41, 5.74) is 11.1. The number of ether oxygens (including phenoxy) is 1. The summed E-state index contributed by atoms with van der Waals surface area (Å²) >= 11 is 5.97. The van der Waals surface area contributed by atoms with Crippen LogP contribution in [0.5, 0.6) is 0 Å². The van der Waals surface area contributed by atoms with Crippen molar-refractivity contribution in [1.82, 2.24) is 10.1 Å². The van der Waals surface area contributed by atoms with Gasteiger partial charge in [0.05, 0.1) is 18.6 Å². The Labute approximate surface area is 201 Å². The van der Waals surface area contributed by atoms with Crippen LogP contribution in [-0.4, -0.2) is 42.4 Å². The van der Waals surface area contributed by atoms with Gasteiger partial charge in [-0.1, -0.05) is 47.1 Å². The second kappa shape index (κ2) is 9.72. The van der Waals surface area contributed by atoms with Crippen molar-refractivity contribution < 1.29 is 14.1 Å². The Bertz CT molecular complexity index is 1320. The van der Waals surface area contributed by atoms with E-state index in [0.717, 1.165) is 54.9 Å². The van der Waals surface area contributed by atoms with Gasteiger partial charge in [-0.25, -0.2) is 4.79 Å². The van der Waals surface area contributed by atoms with Crippen LogP contribution in [0.15, 0.2) is 65.2 Å². The number of nitrogens with zero attached hydrogens (tertiary/aromatic N) is 2. The first-order chi connectivity index (χ1) is 16.6. The number of carbonyl (C=O) groups excluding carboxylic acids is 1. The molecule has 1 fully saturated rings. The fourth-order valence-corrected chi connectivity index (χ4v) is 4.27. The highest BCUT2D eigenvalue weighted by Crippen LogP contribution is 2.35. The summed E-state index contributed by atoms with van der Waals surface area (Å²) in [6.45, 7) is 3.98. The molecule has 5 rings (SSSR count). The summed E-state index contributed by atoms with van der Waals surface area (Å²) in [7, 11) is 0. The van der Waals surface area contributed by atoms with Crippen molar-refractivity contribution in [1.29, 1.82) is 0 Å². The Morgan fingerprint density at radius 3 is 2.56 bits per heavy atom. The predicted molar refractivity (Wildman–Crippen MR) is 134 cm³/mol. The van der Waals surface area contributed by atoms with Crippen LogP contribution in [0, 0.1) is 0 Å². The number of benzene rings is 3.